The summed E-state index contributed by atoms with van der Waals surface area (Å²) in [7, 11) is 1.83. The van der Waals surface area contributed by atoms with Crippen LogP contribution in [0.3, 0.4) is 0 Å². The Morgan fingerprint density at radius 2 is 1.90 bits per heavy atom. The number of carbonyl (C=O) groups excluding carboxylic acids is 1. The van der Waals surface area contributed by atoms with Crippen LogP contribution in [0.4, 0.5) is 14.5 Å². The monoisotopic (exact) mass is 436 g/mol. The molecule has 2 atom stereocenters. The van der Waals surface area contributed by atoms with Gasteiger partial charge in [0.05, 0.1) is 17.5 Å². The Morgan fingerprint density at radius 3 is 2.39 bits per heavy atom. The number of anilines is 1. The van der Waals surface area contributed by atoms with E-state index in [1.165, 1.54) is 24.4 Å². The van der Waals surface area contributed by atoms with Crippen molar-refractivity contribution in [1.29, 1.82) is 5.41 Å². The second kappa shape index (κ2) is 12.7. The van der Waals surface area contributed by atoms with Crippen LogP contribution in [-0.2, 0) is 0 Å². The number of aromatic nitrogens is 1. The van der Waals surface area contributed by atoms with Crippen LogP contribution < -0.4 is 15.4 Å². The number of alkyl halides is 2. The number of carbonyl (C=O) groups is 1. The van der Waals surface area contributed by atoms with Gasteiger partial charge >= 0.3 is 6.61 Å². The third kappa shape index (κ3) is 8.77. The Kier molecular flexibility index (Phi) is 10.7. The van der Waals surface area contributed by atoms with Crippen LogP contribution in [0.25, 0.3) is 0 Å². The van der Waals surface area contributed by atoms with Gasteiger partial charge in [0, 0.05) is 29.4 Å². The van der Waals surface area contributed by atoms with Gasteiger partial charge in [-0.2, -0.15) is 8.78 Å². The lowest BCUT2D eigenvalue weighted by Gasteiger charge is -2.15. The second-order valence-corrected chi connectivity index (χ2v) is 7.18. The third-order valence-corrected chi connectivity index (χ3v) is 4.25. The average Bonchev–Trinajstić information content (AvgIpc) is 2.72. The first-order chi connectivity index (χ1) is 14.6. The summed E-state index contributed by atoms with van der Waals surface area (Å²) in [4.78, 5) is 15.1. The van der Waals surface area contributed by atoms with E-state index in [1.807, 2.05) is 27.8 Å². The minimum absolute atomic E-state index is 0.0323. The Morgan fingerprint density at radius 1 is 1.23 bits per heavy atom. The maximum Gasteiger partial charge on any atom is 0.387 e. The lowest BCUT2D eigenvalue weighted by Crippen LogP contribution is -2.32. The van der Waals surface area contributed by atoms with E-state index in [-0.39, 0.29) is 29.6 Å². The standard InChI is InChI=1S/C17H17F2N3O2.C5H13NO/c1-10(2)22-14-6-11(9-23)8-21-16(14)15(20)12-4-3-5-13(7-12)24-17(18)19;1-4(6-3)5(2)7/h3-10,17,20,22H,1-2H3;4-7H,1-3H3. The van der Waals surface area contributed by atoms with E-state index in [4.69, 9.17) is 10.5 Å². The molecule has 1 aromatic heterocycles. The van der Waals surface area contributed by atoms with Crippen LogP contribution in [0, 0.1) is 5.41 Å². The topological polar surface area (TPSA) is 107 Å². The first kappa shape index (κ1) is 26.1. The molecule has 2 rings (SSSR count). The van der Waals surface area contributed by atoms with Crippen molar-refractivity contribution < 1.29 is 23.4 Å². The largest absolute Gasteiger partial charge is 0.435 e. The molecule has 31 heavy (non-hydrogen) atoms. The maximum atomic E-state index is 12.3. The van der Waals surface area contributed by atoms with E-state index in [0.717, 1.165) is 0 Å². The molecule has 0 spiro atoms. The van der Waals surface area contributed by atoms with Gasteiger partial charge in [-0.1, -0.05) is 12.1 Å². The van der Waals surface area contributed by atoms with E-state index in [1.54, 1.807) is 19.1 Å². The summed E-state index contributed by atoms with van der Waals surface area (Å²) in [6.45, 7) is 4.60. The molecule has 0 amide bonds. The number of aliphatic hydroxyl groups is 1. The summed E-state index contributed by atoms with van der Waals surface area (Å²) in [6, 6.07) is 7.74. The molecule has 4 N–H and O–H groups in total. The number of aldehydes is 1. The fraction of sp³-hybridized carbons (Fsp3) is 0.409. The van der Waals surface area contributed by atoms with E-state index < -0.39 is 6.61 Å². The maximum absolute atomic E-state index is 12.3. The summed E-state index contributed by atoms with van der Waals surface area (Å²) in [5.41, 5.74) is 1.65. The van der Waals surface area contributed by atoms with Crippen LogP contribution in [-0.4, -0.2) is 53.9 Å². The van der Waals surface area contributed by atoms with Crippen molar-refractivity contribution in [3.8, 4) is 5.75 Å². The highest BCUT2D eigenvalue weighted by molar-refractivity contribution is 6.13. The number of hydrogen-bond donors (Lipinski definition) is 4. The highest BCUT2D eigenvalue weighted by Gasteiger charge is 2.15. The number of nitrogens with one attached hydrogen (secondary N) is 3. The van der Waals surface area contributed by atoms with Crippen LogP contribution in [0.2, 0.25) is 0 Å². The lowest BCUT2D eigenvalue weighted by molar-refractivity contribution is -0.0498. The van der Waals surface area contributed by atoms with Crippen molar-refractivity contribution in [2.45, 2.75) is 52.5 Å². The minimum atomic E-state index is -2.93. The Balaban J connectivity index is 0.000000592. The number of pyridine rings is 1. The molecule has 1 aromatic carbocycles. The second-order valence-electron chi connectivity index (χ2n) is 7.18. The number of benzene rings is 1. The van der Waals surface area contributed by atoms with Gasteiger partial charge in [0.15, 0.2) is 6.29 Å². The summed E-state index contributed by atoms with van der Waals surface area (Å²) >= 11 is 0. The number of ether oxygens (including phenoxy) is 1. The van der Waals surface area contributed by atoms with Gasteiger partial charge in [0.1, 0.15) is 11.4 Å². The van der Waals surface area contributed by atoms with E-state index in [0.29, 0.717) is 28.8 Å². The third-order valence-electron chi connectivity index (χ3n) is 4.25. The lowest BCUT2D eigenvalue weighted by atomic mass is 10.0. The summed E-state index contributed by atoms with van der Waals surface area (Å²) in [6.07, 6.45) is 1.79. The summed E-state index contributed by atoms with van der Waals surface area (Å²) in [5.74, 6) is -0.0323. The van der Waals surface area contributed by atoms with Gasteiger partial charge in [0.2, 0.25) is 0 Å². The molecule has 170 valence electrons. The number of aliphatic hydroxyl groups excluding tert-OH is 1. The minimum Gasteiger partial charge on any atom is -0.435 e. The van der Waals surface area contributed by atoms with Crippen LogP contribution in [0.1, 0.15) is 49.3 Å². The first-order valence-electron chi connectivity index (χ1n) is 9.80. The fourth-order valence-corrected chi connectivity index (χ4v) is 2.37. The molecule has 9 heteroatoms. The highest BCUT2D eigenvalue weighted by atomic mass is 19.3. The first-order valence-corrected chi connectivity index (χ1v) is 9.80. The zero-order valence-corrected chi connectivity index (χ0v) is 18.3. The molecule has 0 fully saturated rings. The van der Waals surface area contributed by atoms with Crippen molar-refractivity contribution >= 4 is 17.7 Å². The van der Waals surface area contributed by atoms with Gasteiger partial charge in [-0.25, -0.2) is 0 Å². The molecule has 7 nitrogen and oxygen atoms in total. The molecule has 0 radical (unpaired) electrons. The van der Waals surface area contributed by atoms with E-state index in [2.05, 4.69) is 20.4 Å². The average molecular weight is 437 g/mol. The molecule has 0 aliphatic rings. The number of likely N-dealkylation sites (N-methyl/N-ethyl adjacent to an activating group) is 1. The van der Waals surface area contributed by atoms with Gasteiger partial charge in [0.25, 0.3) is 0 Å². The van der Waals surface area contributed by atoms with Crippen LogP contribution in [0.5, 0.6) is 5.75 Å². The normalized spacial score (nSPS) is 12.6. The molecule has 0 aliphatic carbocycles. The molecule has 0 aliphatic heterocycles. The van der Waals surface area contributed by atoms with E-state index >= 15 is 0 Å². The zero-order valence-electron chi connectivity index (χ0n) is 18.3. The predicted octanol–water partition coefficient (Wildman–Crippen LogP) is 3.71. The quantitative estimate of drug-likeness (QED) is 0.353. The van der Waals surface area contributed by atoms with Crippen LogP contribution in [0.15, 0.2) is 36.5 Å². The van der Waals surface area contributed by atoms with Crippen molar-refractivity contribution in [1.82, 2.24) is 10.3 Å². The van der Waals surface area contributed by atoms with Gasteiger partial charge in [-0.15, -0.1) is 0 Å². The Bertz CT molecular complexity index is 860. The van der Waals surface area contributed by atoms with Gasteiger partial charge in [-0.05, 0) is 52.9 Å². The molecule has 0 saturated heterocycles. The molecule has 0 saturated carbocycles. The zero-order chi connectivity index (χ0) is 23.6. The Labute approximate surface area is 181 Å². The van der Waals surface area contributed by atoms with Crippen molar-refractivity contribution in [3.05, 3.63) is 53.3 Å². The predicted molar refractivity (Wildman–Crippen MR) is 118 cm³/mol. The SMILES string of the molecule is CC(C)Nc1cc(C=O)cnc1C(=N)c1cccc(OC(F)F)c1.CNC(C)C(C)O. The fourth-order valence-electron chi connectivity index (χ4n) is 2.37. The number of hydrogen-bond acceptors (Lipinski definition) is 7. The van der Waals surface area contributed by atoms with Crippen molar-refractivity contribution in [2.75, 3.05) is 12.4 Å². The van der Waals surface area contributed by atoms with E-state index in [9.17, 15) is 13.6 Å². The van der Waals surface area contributed by atoms with Gasteiger partial charge in [-0.3, -0.25) is 15.2 Å². The summed E-state index contributed by atoms with van der Waals surface area (Å²) < 4.78 is 29.0. The van der Waals surface area contributed by atoms with Crippen LogP contribution >= 0.6 is 0 Å². The molecule has 2 aromatic rings. The molecule has 2 unspecified atom stereocenters. The highest BCUT2D eigenvalue weighted by Crippen LogP contribution is 2.22. The molecule has 0 bridgehead atoms. The number of rotatable bonds is 9. The Hall–Kier alpha value is -2.91. The number of halogens is 2. The smallest absolute Gasteiger partial charge is 0.387 e. The summed E-state index contributed by atoms with van der Waals surface area (Å²) in [5, 5.41) is 23.1. The number of nitrogens with zero attached hydrogens (tertiary/aromatic N) is 1. The van der Waals surface area contributed by atoms with Gasteiger partial charge < -0.3 is 20.5 Å². The van der Waals surface area contributed by atoms with Crippen molar-refractivity contribution in [2.24, 2.45) is 0 Å². The molecular formula is C22H30F2N4O3. The molecule has 1 heterocycles. The molecular weight excluding hydrogens is 406 g/mol. The van der Waals surface area contributed by atoms with Crippen molar-refractivity contribution in [3.63, 3.8) is 0 Å².